The van der Waals surface area contributed by atoms with Crippen molar-refractivity contribution in [2.24, 2.45) is 5.92 Å². The minimum Gasteiger partial charge on any atom is -0.344 e. The molecule has 1 aliphatic heterocycles. The van der Waals surface area contributed by atoms with Crippen molar-refractivity contribution in [2.75, 3.05) is 30.4 Å². The number of nitrogens with one attached hydrogen (secondary N) is 2. The molecule has 0 aromatic heterocycles. The molecule has 1 heterocycles. The lowest BCUT2D eigenvalue weighted by Crippen LogP contribution is -2.49. The third-order valence-corrected chi connectivity index (χ3v) is 8.05. The highest BCUT2D eigenvalue weighted by molar-refractivity contribution is 7.98. The Labute approximate surface area is 194 Å². The van der Waals surface area contributed by atoms with Crippen molar-refractivity contribution in [3.63, 3.8) is 0 Å². The molecule has 0 unspecified atom stereocenters. The van der Waals surface area contributed by atoms with Crippen LogP contribution in [0.15, 0.2) is 65.6 Å². The number of hydrogen-bond acceptors (Lipinski definition) is 5. The van der Waals surface area contributed by atoms with Gasteiger partial charge in [-0.2, -0.15) is 16.1 Å². The SMILES string of the molecule is CSCC[C@H](NC(=O)C1CCN(S(=O)(=O)c2ccccc2)CC1)C(=O)Nc1ccccc1. The van der Waals surface area contributed by atoms with E-state index in [1.807, 2.05) is 24.5 Å². The summed E-state index contributed by atoms with van der Waals surface area (Å²) in [5.74, 6) is -0.0294. The zero-order valence-electron chi connectivity index (χ0n) is 18.1. The largest absolute Gasteiger partial charge is 0.344 e. The summed E-state index contributed by atoms with van der Waals surface area (Å²) in [4.78, 5) is 25.9. The number of carbonyl (C=O) groups is 2. The Bertz CT molecular complexity index is 992. The van der Waals surface area contributed by atoms with Gasteiger partial charge >= 0.3 is 0 Å². The van der Waals surface area contributed by atoms with Crippen molar-refractivity contribution < 1.29 is 18.0 Å². The van der Waals surface area contributed by atoms with E-state index in [0.717, 1.165) is 5.75 Å². The third-order valence-electron chi connectivity index (χ3n) is 5.49. The molecule has 0 spiro atoms. The Morgan fingerprint density at radius 3 is 2.22 bits per heavy atom. The van der Waals surface area contributed by atoms with Crippen molar-refractivity contribution >= 4 is 39.3 Å². The fourth-order valence-corrected chi connectivity index (χ4v) is 5.61. The van der Waals surface area contributed by atoms with Gasteiger partial charge in [-0.3, -0.25) is 9.59 Å². The van der Waals surface area contributed by atoms with Crippen molar-refractivity contribution in [3.8, 4) is 0 Å². The monoisotopic (exact) mass is 475 g/mol. The first-order chi connectivity index (χ1) is 15.4. The van der Waals surface area contributed by atoms with Gasteiger partial charge in [0.15, 0.2) is 0 Å². The Kier molecular flexibility index (Phi) is 8.72. The first kappa shape index (κ1) is 24.3. The number of thioether (sulfide) groups is 1. The van der Waals surface area contributed by atoms with Gasteiger partial charge in [-0.15, -0.1) is 0 Å². The predicted octanol–water partition coefficient (Wildman–Crippen LogP) is 2.96. The molecule has 0 bridgehead atoms. The van der Waals surface area contributed by atoms with E-state index in [1.165, 1.54) is 4.31 Å². The topological polar surface area (TPSA) is 95.6 Å². The number of piperidine rings is 1. The molecule has 1 atom stereocenters. The molecule has 7 nitrogen and oxygen atoms in total. The number of sulfonamides is 1. The number of benzene rings is 2. The van der Waals surface area contributed by atoms with Gasteiger partial charge < -0.3 is 10.6 Å². The maximum Gasteiger partial charge on any atom is 0.246 e. The number of para-hydroxylation sites is 1. The summed E-state index contributed by atoms with van der Waals surface area (Å²) in [6.45, 7) is 0.558. The molecule has 3 rings (SSSR count). The van der Waals surface area contributed by atoms with Crippen molar-refractivity contribution in [3.05, 3.63) is 60.7 Å². The van der Waals surface area contributed by atoms with Crippen LogP contribution in [0.5, 0.6) is 0 Å². The molecule has 2 aromatic rings. The maximum absolute atomic E-state index is 12.9. The van der Waals surface area contributed by atoms with E-state index in [0.29, 0.717) is 24.9 Å². The normalized spacial score (nSPS) is 16.3. The molecule has 1 aliphatic rings. The highest BCUT2D eigenvalue weighted by Crippen LogP contribution is 2.24. The Morgan fingerprint density at radius 2 is 1.62 bits per heavy atom. The summed E-state index contributed by atoms with van der Waals surface area (Å²) in [7, 11) is -3.56. The summed E-state index contributed by atoms with van der Waals surface area (Å²) in [6.07, 6.45) is 3.32. The van der Waals surface area contributed by atoms with E-state index in [-0.39, 0.29) is 35.7 Å². The van der Waals surface area contributed by atoms with Crippen LogP contribution in [-0.4, -0.2) is 55.7 Å². The zero-order valence-corrected chi connectivity index (χ0v) is 19.7. The number of amides is 2. The second kappa shape index (κ2) is 11.5. The van der Waals surface area contributed by atoms with E-state index < -0.39 is 16.1 Å². The average Bonchev–Trinajstić information content (AvgIpc) is 2.82. The molecular weight excluding hydrogens is 446 g/mol. The summed E-state index contributed by atoms with van der Waals surface area (Å²) in [5, 5.41) is 5.75. The molecule has 0 radical (unpaired) electrons. The molecule has 172 valence electrons. The fraction of sp³-hybridized carbons (Fsp3) is 0.391. The molecule has 0 aliphatic carbocycles. The van der Waals surface area contributed by atoms with Gasteiger partial charge in [0.25, 0.3) is 0 Å². The quantitative estimate of drug-likeness (QED) is 0.581. The van der Waals surface area contributed by atoms with E-state index in [9.17, 15) is 18.0 Å². The van der Waals surface area contributed by atoms with E-state index in [2.05, 4.69) is 10.6 Å². The van der Waals surface area contributed by atoms with Crippen LogP contribution in [0.25, 0.3) is 0 Å². The zero-order chi connectivity index (χ0) is 23.0. The van der Waals surface area contributed by atoms with Crippen LogP contribution in [0.2, 0.25) is 0 Å². The Hall–Kier alpha value is -2.36. The molecule has 1 saturated heterocycles. The first-order valence-electron chi connectivity index (χ1n) is 10.6. The van der Waals surface area contributed by atoms with Crippen LogP contribution < -0.4 is 10.6 Å². The number of hydrogen-bond donors (Lipinski definition) is 2. The number of rotatable bonds is 9. The van der Waals surface area contributed by atoms with Crippen LogP contribution in [0.3, 0.4) is 0 Å². The number of carbonyl (C=O) groups excluding carboxylic acids is 2. The van der Waals surface area contributed by atoms with Crippen LogP contribution in [0, 0.1) is 5.92 Å². The molecule has 0 saturated carbocycles. The number of nitrogens with zero attached hydrogens (tertiary/aromatic N) is 1. The third kappa shape index (κ3) is 6.34. The van der Waals surface area contributed by atoms with Gasteiger partial charge in [-0.05, 0) is 55.5 Å². The number of anilines is 1. The van der Waals surface area contributed by atoms with Gasteiger partial charge in [0, 0.05) is 24.7 Å². The second-order valence-corrected chi connectivity index (χ2v) is 10.6. The molecule has 2 amide bonds. The lowest BCUT2D eigenvalue weighted by atomic mass is 9.96. The van der Waals surface area contributed by atoms with Gasteiger partial charge in [0.1, 0.15) is 6.04 Å². The first-order valence-corrected chi connectivity index (χ1v) is 13.5. The van der Waals surface area contributed by atoms with E-state index in [4.69, 9.17) is 0 Å². The van der Waals surface area contributed by atoms with Gasteiger partial charge in [0.05, 0.1) is 4.90 Å². The predicted molar refractivity (Wildman–Crippen MR) is 128 cm³/mol. The second-order valence-electron chi connectivity index (χ2n) is 7.69. The van der Waals surface area contributed by atoms with Gasteiger partial charge in [-0.1, -0.05) is 36.4 Å². The minimum atomic E-state index is -3.56. The lowest BCUT2D eigenvalue weighted by Gasteiger charge is -2.31. The molecule has 32 heavy (non-hydrogen) atoms. The van der Waals surface area contributed by atoms with Crippen LogP contribution >= 0.6 is 11.8 Å². The van der Waals surface area contributed by atoms with Gasteiger partial charge in [0.2, 0.25) is 21.8 Å². The molecule has 2 N–H and O–H groups in total. The average molecular weight is 476 g/mol. The van der Waals surface area contributed by atoms with Crippen molar-refractivity contribution in [1.29, 1.82) is 0 Å². The molecule has 9 heteroatoms. The Morgan fingerprint density at radius 1 is 1.03 bits per heavy atom. The van der Waals surface area contributed by atoms with E-state index in [1.54, 1.807) is 54.2 Å². The molecule has 2 aromatic carbocycles. The molecule has 1 fully saturated rings. The standard InChI is InChI=1S/C23H29N3O4S2/c1-31-17-14-21(23(28)24-19-8-4-2-5-9-19)25-22(27)18-12-15-26(16-13-18)32(29,30)20-10-6-3-7-11-20/h2-11,18,21H,12-17H2,1H3,(H,24,28)(H,25,27)/t21-/m0/s1. The van der Waals surface area contributed by atoms with Gasteiger partial charge in [-0.25, -0.2) is 8.42 Å². The fourth-order valence-electron chi connectivity index (χ4n) is 3.64. The lowest BCUT2D eigenvalue weighted by molar-refractivity contribution is -0.130. The summed E-state index contributed by atoms with van der Waals surface area (Å²) < 4.78 is 27.0. The van der Waals surface area contributed by atoms with Crippen LogP contribution in [0.4, 0.5) is 5.69 Å². The summed E-state index contributed by atoms with van der Waals surface area (Å²) in [5.41, 5.74) is 0.681. The van der Waals surface area contributed by atoms with Crippen molar-refractivity contribution in [1.82, 2.24) is 9.62 Å². The minimum absolute atomic E-state index is 0.198. The van der Waals surface area contributed by atoms with Crippen molar-refractivity contribution in [2.45, 2.75) is 30.2 Å². The van der Waals surface area contributed by atoms with Crippen LogP contribution in [-0.2, 0) is 19.6 Å². The summed E-state index contributed by atoms with van der Waals surface area (Å²) >= 11 is 1.61. The smallest absolute Gasteiger partial charge is 0.246 e. The molecular formula is C23H29N3O4S2. The Balaban J connectivity index is 1.58. The maximum atomic E-state index is 12.9. The highest BCUT2D eigenvalue weighted by atomic mass is 32.2. The highest BCUT2D eigenvalue weighted by Gasteiger charge is 2.33. The van der Waals surface area contributed by atoms with Crippen LogP contribution in [0.1, 0.15) is 19.3 Å². The van der Waals surface area contributed by atoms with E-state index >= 15 is 0 Å². The summed E-state index contributed by atoms with van der Waals surface area (Å²) in [6, 6.07) is 16.8.